The molecule has 0 aliphatic heterocycles. The molecule has 0 bridgehead atoms. The van der Waals surface area contributed by atoms with E-state index in [-0.39, 0.29) is 12.5 Å². The van der Waals surface area contributed by atoms with Crippen molar-refractivity contribution in [2.24, 2.45) is 0 Å². The Morgan fingerprint density at radius 3 is 2.71 bits per heavy atom. The number of aryl methyl sites for hydroxylation is 1. The monoisotopic (exact) mass is 346 g/mol. The van der Waals surface area contributed by atoms with Crippen LogP contribution in [0.5, 0.6) is 5.88 Å². The third-order valence-corrected chi connectivity index (χ3v) is 3.49. The lowest BCUT2D eigenvalue weighted by atomic mass is 10.1. The van der Waals surface area contributed by atoms with Gasteiger partial charge in [0.25, 0.3) is 0 Å². The van der Waals surface area contributed by atoms with Crippen molar-refractivity contribution in [1.29, 1.82) is 0 Å². The van der Waals surface area contributed by atoms with E-state index in [2.05, 4.69) is 20.2 Å². The van der Waals surface area contributed by atoms with Gasteiger partial charge >= 0.3 is 5.97 Å². The second-order valence-electron chi connectivity index (χ2n) is 4.97. The summed E-state index contributed by atoms with van der Waals surface area (Å²) in [4.78, 5) is 20.1. The zero-order chi connectivity index (χ0) is 17.1. The number of fused-ring (bicyclic) bond motifs is 1. The van der Waals surface area contributed by atoms with Crippen molar-refractivity contribution in [3.8, 4) is 17.1 Å². The Morgan fingerprint density at radius 2 is 2.00 bits per heavy atom. The van der Waals surface area contributed by atoms with Crippen molar-refractivity contribution >= 4 is 28.6 Å². The Morgan fingerprint density at radius 1 is 1.25 bits per heavy atom. The summed E-state index contributed by atoms with van der Waals surface area (Å²) in [5.74, 6) is 0.315. The molecular weight excluding hydrogens is 332 g/mol. The molecule has 0 unspecified atom stereocenters. The van der Waals surface area contributed by atoms with Gasteiger partial charge in [-0.2, -0.15) is 10.1 Å². The van der Waals surface area contributed by atoms with Gasteiger partial charge in [-0.25, -0.2) is 9.78 Å². The molecule has 2 heterocycles. The molecule has 1 aromatic carbocycles. The third kappa shape index (κ3) is 3.30. The highest BCUT2D eigenvalue weighted by Crippen LogP contribution is 2.29. The first-order chi connectivity index (χ1) is 11.6. The summed E-state index contributed by atoms with van der Waals surface area (Å²) in [6.07, 6.45) is 0. The van der Waals surface area contributed by atoms with Gasteiger partial charge in [0.05, 0.1) is 6.61 Å². The van der Waals surface area contributed by atoms with Gasteiger partial charge in [0.1, 0.15) is 22.6 Å². The summed E-state index contributed by atoms with van der Waals surface area (Å²) in [5, 5.41) is 7.80. The van der Waals surface area contributed by atoms with Gasteiger partial charge in [-0.05, 0) is 26.0 Å². The minimum absolute atomic E-state index is 0.227. The van der Waals surface area contributed by atoms with Crippen LogP contribution in [0.2, 0.25) is 5.02 Å². The summed E-state index contributed by atoms with van der Waals surface area (Å²) in [7, 11) is 0. The average molecular weight is 347 g/mol. The summed E-state index contributed by atoms with van der Waals surface area (Å²) in [5.41, 5.74) is 2.66. The number of hydrogen-bond donors (Lipinski definition) is 1. The first-order valence-electron chi connectivity index (χ1n) is 7.35. The fourth-order valence-corrected chi connectivity index (χ4v) is 2.35. The van der Waals surface area contributed by atoms with Crippen LogP contribution < -0.4 is 4.74 Å². The minimum Gasteiger partial charge on any atom is -0.464 e. The van der Waals surface area contributed by atoms with Crippen molar-refractivity contribution in [2.45, 2.75) is 13.8 Å². The molecular formula is C16H15ClN4O3. The topological polar surface area (TPSA) is 90.0 Å². The molecule has 0 aliphatic carbocycles. The predicted molar refractivity (Wildman–Crippen MR) is 89.0 cm³/mol. The highest BCUT2D eigenvalue weighted by atomic mass is 35.5. The van der Waals surface area contributed by atoms with Gasteiger partial charge in [0, 0.05) is 10.6 Å². The van der Waals surface area contributed by atoms with E-state index in [1.165, 1.54) is 0 Å². The number of rotatable bonds is 5. The van der Waals surface area contributed by atoms with Crippen LogP contribution in [-0.4, -0.2) is 39.3 Å². The SMILES string of the molecule is CCOC(=O)COc1nc(C)nc2c(-c3ccc(Cl)cc3)n[nH]c12. The number of halogens is 1. The zero-order valence-electron chi connectivity index (χ0n) is 13.2. The maximum Gasteiger partial charge on any atom is 0.344 e. The summed E-state index contributed by atoms with van der Waals surface area (Å²) >= 11 is 5.92. The molecule has 0 saturated carbocycles. The van der Waals surface area contributed by atoms with E-state index in [0.29, 0.717) is 34.2 Å². The Kier molecular flexibility index (Phi) is 4.61. The Labute approximate surface area is 143 Å². The van der Waals surface area contributed by atoms with Crippen LogP contribution >= 0.6 is 11.6 Å². The molecule has 3 aromatic rings. The number of nitrogens with zero attached hydrogens (tertiary/aromatic N) is 3. The highest BCUT2D eigenvalue weighted by molar-refractivity contribution is 6.30. The number of nitrogens with one attached hydrogen (secondary N) is 1. The van der Waals surface area contributed by atoms with E-state index in [1.807, 2.05) is 12.1 Å². The molecule has 0 atom stereocenters. The van der Waals surface area contributed by atoms with E-state index in [4.69, 9.17) is 21.1 Å². The van der Waals surface area contributed by atoms with Crippen molar-refractivity contribution in [2.75, 3.05) is 13.2 Å². The van der Waals surface area contributed by atoms with E-state index < -0.39 is 5.97 Å². The minimum atomic E-state index is -0.459. The van der Waals surface area contributed by atoms with Crippen molar-refractivity contribution in [3.05, 3.63) is 35.1 Å². The fraction of sp³-hybridized carbons (Fsp3) is 0.250. The maximum atomic E-state index is 11.5. The Hall–Kier alpha value is -2.67. The first kappa shape index (κ1) is 16.2. The van der Waals surface area contributed by atoms with Crippen LogP contribution in [0.1, 0.15) is 12.7 Å². The molecule has 0 aliphatic rings. The smallest absolute Gasteiger partial charge is 0.344 e. The van der Waals surface area contributed by atoms with Crippen LogP contribution in [0.3, 0.4) is 0 Å². The molecule has 8 heteroatoms. The number of hydrogen-bond acceptors (Lipinski definition) is 6. The lowest BCUT2D eigenvalue weighted by Gasteiger charge is -2.06. The standard InChI is InChI=1S/C16H15ClN4O3/c1-3-23-12(22)8-24-16-15-14(18-9(2)19-16)13(20-21-15)10-4-6-11(17)7-5-10/h4-7H,3,8H2,1-2H3,(H,20,21). The predicted octanol–water partition coefficient (Wildman–Crippen LogP) is 2.92. The molecule has 0 spiro atoms. The molecule has 3 rings (SSSR count). The number of aromatic nitrogens is 4. The van der Waals surface area contributed by atoms with Gasteiger partial charge in [-0.15, -0.1) is 0 Å². The molecule has 0 saturated heterocycles. The molecule has 0 fully saturated rings. The quantitative estimate of drug-likeness (QED) is 0.714. The molecule has 124 valence electrons. The molecule has 24 heavy (non-hydrogen) atoms. The molecule has 1 N–H and O–H groups in total. The number of benzene rings is 1. The lowest BCUT2D eigenvalue weighted by Crippen LogP contribution is -2.15. The largest absolute Gasteiger partial charge is 0.464 e. The van der Waals surface area contributed by atoms with Gasteiger partial charge in [-0.1, -0.05) is 23.7 Å². The van der Waals surface area contributed by atoms with Crippen LogP contribution in [0.4, 0.5) is 0 Å². The zero-order valence-corrected chi connectivity index (χ0v) is 13.9. The second-order valence-corrected chi connectivity index (χ2v) is 5.41. The van der Waals surface area contributed by atoms with E-state index in [1.54, 1.807) is 26.0 Å². The van der Waals surface area contributed by atoms with Crippen LogP contribution in [-0.2, 0) is 9.53 Å². The van der Waals surface area contributed by atoms with Crippen molar-refractivity contribution in [1.82, 2.24) is 20.2 Å². The average Bonchev–Trinajstić information content (AvgIpc) is 2.97. The summed E-state index contributed by atoms with van der Waals surface area (Å²) < 4.78 is 10.3. The molecule has 2 aromatic heterocycles. The maximum absolute atomic E-state index is 11.5. The highest BCUT2D eigenvalue weighted by Gasteiger charge is 2.17. The number of carbonyl (C=O) groups is 1. The van der Waals surface area contributed by atoms with Crippen LogP contribution in [0, 0.1) is 6.92 Å². The van der Waals surface area contributed by atoms with Crippen LogP contribution in [0.25, 0.3) is 22.3 Å². The van der Waals surface area contributed by atoms with E-state index in [9.17, 15) is 4.79 Å². The number of H-pyrrole nitrogens is 1. The number of aromatic amines is 1. The van der Waals surface area contributed by atoms with Gasteiger partial charge < -0.3 is 9.47 Å². The Balaban J connectivity index is 1.97. The normalized spacial score (nSPS) is 10.8. The summed E-state index contributed by atoms with van der Waals surface area (Å²) in [6.45, 7) is 3.55. The van der Waals surface area contributed by atoms with Crippen LogP contribution in [0.15, 0.2) is 24.3 Å². The lowest BCUT2D eigenvalue weighted by molar-refractivity contribution is -0.145. The van der Waals surface area contributed by atoms with Crippen molar-refractivity contribution < 1.29 is 14.3 Å². The fourth-order valence-electron chi connectivity index (χ4n) is 2.23. The first-order valence-corrected chi connectivity index (χ1v) is 7.73. The molecule has 7 nitrogen and oxygen atoms in total. The van der Waals surface area contributed by atoms with E-state index >= 15 is 0 Å². The van der Waals surface area contributed by atoms with Gasteiger partial charge in [-0.3, -0.25) is 5.10 Å². The Bertz CT molecular complexity index is 877. The third-order valence-electron chi connectivity index (χ3n) is 3.24. The van der Waals surface area contributed by atoms with Gasteiger partial charge in [0.2, 0.25) is 5.88 Å². The summed E-state index contributed by atoms with van der Waals surface area (Å²) in [6, 6.07) is 7.27. The molecule has 0 radical (unpaired) electrons. The molecule has 0 amide bonds. The van der Waals surface area contributed by atoms with Crippen molar-refractivity contribution in [3.63, 3.8) is 0 Å². The number of carbonyl (C=O) groups excluding carboxylic acids is 1. The number of esters is 1. The van der Waals surface area contributed by atoms with Gasteiger partial charge in [0.15, 0.2) is 6.61 Å². The van der Waals surface area contributed by atoms with E-state index in [0.717, 1.165) is 5.56 Å². The second kappa shape index (κ2) is 6.84. The number of ether oxygens (including phenoxy) is 2.